The number of ether oxygens (including phenoxy) is 1. The molecule has 0 N–H and O–H groups in total. The second kappa shape index (κ2) is 5.33. The fourth-order valence-corrected chi connectivity index (χ4v) is 1.57. The lowest BCUT2D eigenvalue weighted by Crippen LogP contribution is -1.92. The minimum Gasteiger partial charge on any atom is -0.453 e. The van der Waals surface area contributed by atoms with Gasteiger partial charge < -0.3 is 4.74 Å². The van der Waals surface area contributed by atoms with Gasteiger partial charge >= 0.3 is 0 Å². The van der Waals surface area contributed by atoms with Gasteiger partial charge in [0.15, 0.2) is 11.4 Å². The SMILES string of the molecule is N#Cc1ncccc1Oc1ccc([N+](=O)[O-])cc1Cl. The first kappa shape index (κ1) is 12.8. The Hall–Kier alpha value is -2.65. The molecule has 6 nitrogen and oxygen atoms in total. The molecular formula is C12H6ClN3O3. The van der Waals surface area contributed by atoms with Crippen molar-refractivity contribution in [3.05, 3.63) is 57.4 Å². The summed E-state index contributed by atoms with van der Waals surface area (Å²) in [4.78, 5) is 13.9. The summed E-state index contributed by atoms with van der Waals surface area (Å²) in [6.07, 6.45) is 1.46. The predicted octanol–water partition coefficient (Wildman–Crippen LogP) is 3.31. The third-order valence-corrected chi connectivity index (χ3v) is 2.52. The molecule has 0 saturated heterocycles. The van der Waals surface area contributed by atoms with Gasteiger partial charge in [0, 0.05) is 18.3 Å². The quantitative estimate of drug-likeness (QED) is 0.633. The lowest BCUT2D eigenvalue weighted by molar-refractivity contribution is -0.384. The zero-order valence-electron chi connectivity index (χ0n) is 9.41. The molecule has 0 unspecified atom stereocenters. The Morgan fingerprint density at radius 2 is 2.16 bits per heavy atom. The summed E-state index contributed by atoms with van der Waals surface area (Å²) in [5, 5.41) is 19.5. The Morgan fingerprint density at radius 1 is 1.37 bits per heavy atom. The van der Waals surface area contributed by atoms with Crippen LogP contribution in [0.1, 0.15) is 5.69 Å². The fourth-order valence-electron chi connectivity index (χ4n) is 1.36. The molecule has 94 valence electrons. The normalized spacial score (nSPS) is 9.68. The van der Waals surface area contributed by atoms with Crippen molar-refractivity contribution in [3.63, 3.8) is 0 Å². The number of non-ortho nitro benzene ring substituents is 1. The Labute approximate surface area is 113 Å². The molecule has 0 aliphatic heterocycles. The van der Waals surface area contributed by atoms with E-state index in [-0.39, 0.29) is 27.9 Å². The van der Waals surface area contributed by atoms with E-state index >= 15 is 0 Å². The molecule has 0 radical (unpaired) electrons. The topological polar surface area (TPSA) is 89.0 Å². The number of halogens is 1. The lowest BCUT2D eigenvalue weighted by Gasteiger charge is -2.07. The van der Waals surface area contributed by atoms with Crippen LogP contribution in [0.4, 0.5) is 5.69 Å². The van der Waals surface area contributed by atoms with Gasteiger partial charge in [-0.3, -0.25) is 10.1 Å². The number of nitrogens with zero attached hydrogens (tertiary/aromatic N) is 3. The highest BCUT2D eigenvalue weighted by atomic mass is 35.5. The Balaban J connectivity index is 2.34. The van der Waals surface area contributed by atoms with Gasteiger partial charge in [0.05, 0.1) is 9.95 Å². The summed E-state index contributed by atoms with van der Waals surface area (Å²) in [5.41, 5.74) is -0.0269. The molecule has 1 heterocycles. The van der Waals surface area contributed by atoms with Crippen molar-refractivity contribution in [3.8, 4) is 17.6 Å². The van der Waals surface area contributed by atoms with Crippen LogP contribution in [0.5, 0.6) is 11.5 Å². The average molecular weight is 276 g/mol. The van der Waals surface area contributed by atoms with Crippen LogP contribution < -0.4 is 4.74 Å². The van der Waals surface area contributed by atoms with E-state index < -0.39 is 4.92 Å². The monoisotopic (exact) mass is 275 g/mol. The standard InChI is InChI=1S/C12H6ClN3O3/c13-9-6-8(16(17)18)3-4-11(9)19-12-2-1-5-15-10(12)7-14/h1-6H. The number of hydrogen-bond acceptors (Lipinski definition) is 5. The van der Waals surface area contributed by atoms with Crippen molar-refractivity contribution in [2.75, 3.05) is 0 Å². The summed E-state index contributed by atoms with van der Waals surface area (Å²) in [5.74, 6) is 0.456. The van der Waals surface area contributed by atoms with E-state index in [0.29, 0.717) is 0 Å². The highest BCUT2D eigenvalue weighted by Crippen LogP contribution is 2.32. The van der Waals surface area contributed by atoms with Gasteiger partial charge in [-0.2, -0.15) is 5.26 Å². The molecule has 1 aromatic carbocycles. The second-order valence-electron chi connectivity index (χ2n) is 3.44. The molecule has 0 aliphatic carbocycles. The van der Waals surface area contributed by atoms with Crippen molar-refractivity contribution in [1.82, 2.24) is 4.98 Å². The van der Waals surface area contributed by atoms with Crippen molar-refractivity contribution < 1.29 is 9.66 Å². The summed E-state index contributed by atoms with van der Waals surface area (Å²) in [7, 11) is 0. The molecule has 0 saturated carbocycles. The third kappa shape index (κ3) is 2.78. The number of benzene rings is 1. The van der Waals surface area contributed by atoms with Gasteiger partial charge in [-0.1, -0.05) is 11.6 Å². The lowest BCUT2D eigenvalue weighted by atomic mass is 10.3. The smallest absolute Gasteiger partial charge is 0.271 e. The van der Waals surface area contributed by atoms with Gasteiger partial charge in [0.25, 0.3) is 5.69 Å². The van der Waals surface area contributed by atoms with Gasteiger partial charge in [0.2, 0.25) is 0 Å². The minimum atomic E-state index is -0.555. The number of nitro groups is 1. The van der Waals surface area contributed by atoms with Gasteiger partial charge in [0.1, 0.15) is 11.8 Å². The maximum atomic E-state index is 10.6. The molecule has 2 aromatic rings. The molecule has 0 bridgehead atoms. The van der Waals surface area contributed by atoms with Crippen molar-refractivity contribution in [1.29, 1.82) is 5.26 Å². The molecule has 7 heteroatoms. The molecule has 0 fully saturated rings. The summed E-state index contributed by atoms with van der Waals surface area (Å²) in [6.45, 7) is 0. The molecule has 0 atom stereocenters. The highest BCUT2D eigenvalue weighted by molar-refractivity contribution is 6.32. The first-order valence-corrected chi connectivity index (χ1v) is 5.46. The molecule has 0 spiro atoms. The summed E-state index contributed by atoms with van der Waals surface area (Å²) < 4.78 is 5.43. The van der Waals surface area contributed by atoms with E-state index in [1.165, 1.54) is 24.4 Å². The first-order valence-electron chi connectivity index (χ1n) is 5.08. The number of hydrogen-bond donors (Lipinski definition) is 0. The highest BCUT2D eigenvalue weighted by Gasteiger charge is 2.12. The summed E-state index contributed by atoms with van der Waals surface area (Å²) in [6, 6.07) is 8.86. The van der Waals surface area contributed by atoms with E-state index in [1.807, 2.05) is 6.07 Å². The maximum absolute atomic E-state index is 10.6. The van der Waals surface area contributed by atoms with Crippen molar-refractivity contribution >= 4 is 17.3 Å². The zero-order chi connectivity index (χ0) is 13.8. The number of aromatic nitrogens is 1. The van der Waals surface area contributed by atoms with Crippen molar-refractivity contribution in [2.24, 2.45) is 0 Å². The van der Waals surface area contributed by atoms with E-state index in [2.05, 4.69) is 4.98 Å². The molecule has 2 rings (SSSR count). The number of nitro benzene ring substituents is 1. The number of pyridine rings is 1. The average Bonchev–Trinajstić information content (AvgIpc) is 2.41. The van der Waals surface area contributed by atoms with Gasteiger partial charge in [-0.05, 0) is 18.2 Å². The largest absolute Gasteiger partial charge is 0.453 e. The second-order valence-corrected chi connectivity index (χ2v) is 3.84. The zero-order valence-corrected chi connectivity index (χ0v) is 10.2. The Morgan fingerprint density at radius 3 is 2.79 bits per heavy atom. The molecular weight excluding hydrogens is 270 g/mol. The predicted molar refractivity (Wildman–Crippen MR) is 67.1 cm³/mol. The summed E-state index contributed by atoms with van der Waals surface area (Å²) >= 11 is 5.89. The van der Waals surface area contributed by atoms with Crippen LogP contribution in [0, 0.1) is 21.4 Å². The molecule has 1 aromatic heterocycles. The van der Waals surface area contributed by atoms with Crippen LogP contribution in [-0.4, -0.2) is 9.91 Å². The molecule has 0 aliphatic rings. The van der Waals surface area contributed by atoms with Crippen LogP contribution in [0.25, 0.3) is 0 Å². The Kier molecular flexibility index (Phi) is 3.59. The third-order valence-electron chi connectivity index (χ3n) is 2.22. The van der Waals surface area contributed by atoms with E-state index in [0.717, 1.165) is 0 Å². The van der Waals surface area contributed by atoms with E-state index in [1.54, 1.807) is 12.1 Å². The molecule has 0 amide bonds. The van der Waals surface area contributed by atoms with E-state index in [9.17, 15) is 10.1 Å². The maximum Gasteiger partial charge on any atom is 0.271 e. The van der Waals surface area contributed by atoms with Crippen LogP contribution >= 0.6 is 11.6 Å². The van der Waals surface area contributed by atoms with E-state index in [4.69, 9.17) is 21.6 Å². The van der Waals surface area contributed by atoms with Crippen LogP contribution in [-0.2, 0) is 0 Å². The number of nitriles is 1. The minimum absolute atomic E-state index is 0.0851. The molecule has 19 heavy (non-hydrogen) atoms. The fraction of sp³-hybridized carbons (Fsp3) is 0. The first-order chi connectivity index (χ1) is 9.11. The van der Waals surface area contributed by atoms with Crippen LogP contribution in [0.3, 0.4) is 0 Å². The van der Waals surface area contributed by atoms with Crippen molar-refractivity contribution in [2.45, 2.75) is 0 Å². The van der Waals surface area contributed by atoms with Crippen LogP contribution in [0.15, 0.2) is 36.5 Å². The van der Waals surface area contributed by atoms with Gasteiger partial charge in [-0.15, -0.1) is 0 Å². The number of rotatable bonds is 3. The van der Waals surface area contributed by atoms with Crippen LogP contribution in [0.2, 0.25) is 5.02 Å². The van der Waals surface area contributed by atoms with Gasteiger partial charge in [-0.25, -0.2) is 4.98 Å². The Bertz CT molecular complexity index is 682.